The van der Waals surface area contributed by atoms with E-state index in [1.165, 1.54) is 12.0 Å². The number of hydrogen-bond acceptors (Lipinski definition) is 1. The van der Waals surface area contributed by atoms with Crippen LogP contribution in [0.25, 0.3) is 0 Å². The largest absolute Gasteiger partial charge is 1.00 e. The first-order valence-corrected chi connectivity index (χ1v) is 3.71. The van der Waals surface area contributed by atoms with Crippen molar-refractivity contribution in [1.82, 2.24) is 0 Å². The van der Waals surface area contributed by atoms with E-state index in [0.29, 0.717) is 5.92 Å². The third-order valence-corrected chi connectivity index (χ3v) is 2.54. The molecule has 2 unspecified atom stereocenters. The summed E-state index contributed by atoms with van der Waals surface area (Å²) in [6.45, 7) is 0. The third kappa shape index (κ3) is 1.93. The van der Waals surface area contributed by atoms with Gasteiger partial charge >= 0.3 is 35.5 Å². The van der Waals surface area contributed by atoms with Gasteiger partial charge in [-0.3, -0.25) is 4.79 Å². The van der Waals surface area contributed by atoms with Gasteiger partial charge in [-0.15, -0.1) is 0 Å². The molecule has 0 aromatic heterocycles. The maximum atomic E-state index is 10.6. The minimum absolute atomic E-state index is 0. The standard InChI is InChI=1S/C8H10O2.CH3.Na/c9-8(10)7-4-5-1-2-6(7)3-5;;/h3,5,7H,1-2,4H2,(H,9,10);1H3;/q;-1;+1. The van der Waals surface area contributed by atoms with Crippen molar-refractivity contribution in [3.8, 4) is 0 Å². The van der Waals surface area contributed by atoms with Crippen LogP contribution in [0.1, 0.15) is 19.3 Å². The summed E-state index contributed by atoms with van der Waals surface area (Å²) >= 11 is 0. The molecule has 0 fully saturated rings. The Morgan fingerprint density at radius 2 is 2.25 bits per heavy atom. The predicted molar refractivity (Wildman–Crippen MR) is 43.0 cm³/mol. The average Bonchev–Trinajstić information content (AvgIpc) is 2.44. The molecule has 0 aromatic carbocycles. The number of fused-ring (bicyclic) bond motifs is 1. The van der Waals surface area contributed by atoms with Crippen LogP contribution in [-0.4, -0.2) is 11.1 Å². The monoisotopic (exact) mass is 176 g/mol. The molecule has 0 radical (unpaired) electrons. The Morgan fingerprint density at radius 3 is 2.50 bits per heavy atom. The van der Waals surface area contributed by atoms with E-state index in [0.717, 1.165) is 12.8 Å². The van der Waals surface area contributed by atoms with Crippen molar-refractivity contribution in [1.29, 1.82) is 0 Å². The molecule has 2 aliphatic carbocycles. The Bertz CT molecular complexity index is 211. The van der Waals surface area contributed by atoms with Gasteiger partial charge in [0.2, 0.25) is 0 Å². The van der Waals surface area contributed by atoms with Crippen LogP contribution in [0.3, 0.4) is 0 Å². The van der Waals surface area contributed by atoms with Crippen LogP contribution in [-0.2, 0) is 4.79 Å². The van der Waals surface area contributed by atoms with Crippen LogP contribution in [0.5, 0.6) is 0 Å². The van der Waals surface area contributed by atoms with E-state index in [1.54, 1.807) is 0 Å². The number of allylic oxidation sites excluding steroid dienone is 1. The van der Waals surface area contributed by atoms with Gasteiger partial charge in [0.05, 0.1) is 5.92 Å². The summed E-state index contributed by atoms with van der Waals surface area (Å²) in [7, 11) is 0. The first-order valence-electron chi connectivity index (χ1n) is 3.71. The van der Waals surface area contributed by atoms with Gasteiger partial charge in [0.1, 0.15) is 0 Å². The average molecular weight is 176 g/mol. The minimum atomic E-state index is -0.631. The SMILES string of the molecule is O=C(O)C1CC2C=C1CC2.[CH3-].[Na+]. The summed E-state index contributed by atoms with van der Waals surface area (Å²) in [4.78, 5) is 10.6. The molecule has 2 aliphatic rings. The molecule has 3 heteroatoms. The molecule has 0 aromatic rings. The molecule has 12 heavy (non-hydrogen) atoms. The topological polar surface area (TPSA) is 37.3 Å². The van der Waals surface area contributed by atoms with Crippen molar-refractivity contribution in [3.05, 3.63) is 19.1 Å². The second-order valence-electron chi connectivity index (χ2n) is 3.17. The minimum Gasteiger partial charge on any atom is -0.481 e. The van der Waals surface area contributed by atoms with Gasteiger partial charge in [-0.1, -0.05) is 11.6 Å². The molecule has 1 N–H and O–H groups in total. The van der Waals surface area contributed by atoms with Crippen LogP contribution in [0, 0.1) is 19.3 Å². The number of aliphatic carboxylic acids is 1. The van der Waals surface area contributed by atoms with E-state index in [2.05, 4.69) is 6.08 Å². The van der Waals surface area contributed by atoms with Gasteiger partial charge in [-0.25, -0.2) is 0 Å². The zero-order valence-electron chi connectivity index (χ0n) is 7.71. The molecule has 62 valence electrons. The number of rotatable bonds is 1. The summed E-state index contributed by atoms with van der Waals surface area (Å²) in [5, 5.41) is 8.69. The van der Waals surface area contributed by atoms with Crippen LogP contribution in [0.15, 0.2) is 11.6 Å². The zero-order chi connectivity index (χ0) is 7.14. The predicted octanol–water partition coefficient (Wildman–Crippen LogP) is -1.12. The van der Waals surface area contributed by atoms with Crippen LogP contribution < -0.4 is 29.6 Å². The summed E-state index contributed by atoms with van der Waals surface area (Å²) in [6, 6.07) is 0. The first-order chi connectivity index (χ1) is 4.77. The van der Waals surface area contributed by atoms with E-state index in [9.17, 15) is 4.79 Å². The number of carbonyl (C=O) groups is 1. The second-order valence-corrected chi connectivity index (χ2v) is 3.17. The fourth-order valence-electron chi connectivity index (χ4n) is 2.01. The number of carboxylic acid groups (broad SMARTS) is 1. The fraction of sp³-hybridized carbons (Fsp3) is 0.556. The normalized spacial score (nSPS) is 30.2. The van der Waals surface area contributed by atoms with Gasteiger partial charge in [-0.2, -0.15) is 0 Å². The van der Waals surface area contributed by atoms with Crippen LogP contribution >= 0.6 is 0 Å². The molecule has 2 rings (SSSR count). The van der Waals surface area contributed by atoms with Crippen molar-refractivity contribution in [3.63, 3.8) is 0 Å². The molecule has 0 amide bonds. The molecule has 0 spiro atoms. The van der Waals surface area contributed by atoms with Gasteiger partial charge in [-0.05, 0) is 25.2 Å². The molecule has 0 aliphatic heterocycles. The fourth-order valence-corrected chi connectivity index (χ4v) is 2.01. The van der Waals surface area contributed by atoms with Crippen LogP contribution in [0.4, 0.5) is 0 Å². The van der Waals surface area contributed by atoms with Crippen molar-refractivity contribution < 1.29 is 39.5 Å². The Kier molecular flexibility index (Phi) is 4.53. The molecule has 0 heterocycles. The Morgan fingerprint density at radius 1 is 1.58 bits per heavy atom. The Hall–Kier alpha value is 0.210. The van der Waals surface area contributed by atoms with Crippen molar-refractivity contribution in [2.45, 2.75) is 19.3 Å². The summed E-state index contributed by atoms with van der Waals surface area (Å²) in [6.07, 6.45) is 5.24. The van der Waals surface area contributed by atoms with E-state index < -0.39 is 5.97 Å². The van der Waals surface area contributed by atoms with Crippen molar-refractivity contribution in [2.75, 3.05) is 0 Å². The summed E-state index contributed by atoms with van der Waals surface area (Å²) in [5.74, 6) is -0.164. The zero-order valence-corrected chi connectivity index (χ0v) is 9.71. The smallest absolute Gasteiger partial charge is 0.481 e. The van der Waals surface area contributed by atoms with E-state index >= 15 is 0 Å². The molecule has 2 bridgehead atoms. The number of hydrogen-bond donors (Lipinski definition) is 1. The Balaban J connectivity index is 0.000000605. The molecule has 0 saturated carbocycles. The number of carboxylic acids is 1. The van der Waals surface area contributed by atoms with Crippen molar-refractivity contribution >= 4 is 5.97 Å². The van der Waals surface area contributed by atoms with Gasteiger partial charge < -0.3 is 12.5 Å². The van der Waals surface area contributed by atoms with E-state index in [-0.39, 0.29) is 42.9 Å². The molecule has 0 saturated heterocycles. The molecule has 2 atom stereocenters. The maximum Gasteiger partial charge on any atom is 1.00 e. The molecular weight excluding hydrogens is 163 g/mol. The van der Waals surface area contributed by atoms with Crippen molar-refractivity contribution in [2.24, 2.45) is 11.8 Å². The maximum absolute atomic E-state index is 10.6. The summed E-state index contributed by atoms with van der Waals surface area (Å²) < 4.78 is 0. The summed E-state index contributed by atoms with van der Waals surface area (Å²) in [5.41, 5.74) is 1.18. The van der Waals surface area contributed by atoms with Gasteiger partial charge in [0.25, 0.3) is 0 Å². The van der Waals surface area contributed by atoms with E-state index in [1.807, 2.05) is 0 Å². The molecule has 2 nitrogen and oxygen atoms in total. The van der Waals surface area contributed by atoms with Gasteiger partial charge in [0.15, 0.2) is 0 Å². The van der Waals surface area contributed by atoms with Crippen LogP contribution in [0.2, 0.25) is 0 Å². The third-order valence-electron chi connectivity index (χ3n) is 2.54. The van der Waals surface area contributed by atoms with E-state index in [4.69, 9.17) is 5.11 Å². The first kappa shape index (κ1) is 12.2. The quantitative estimate of drug-likeness (QED) is 0.312. The second kappa shape index (κ2) is 4.45. The molecular formula is C9H13NaO2. The van der Waals surface area contributed by atoms with Gasteiger partial charge in [0, 0.05) is 0 Å². The Labute approximate surface area is 95.3 Å².